The molecule has 0 aromatic carbocycles. The molecule has 1 nitrogen and oxygen atoms in total. The highest BCUT2D eigenvalue weighted by atomic mass is 15.2. The zero-order valence-electron chi connectivity index (χ0n) is 10.1. The van der Waals surface area contributed by atoms with Crippen LogP contribution >= 0.6 is 0 Å². The van der Waals surface area contributed by atoms with Gasteiger partial charge in [0.15, 0.2) is 0 Å². The fraction of sp³-hybridized carbons (Fsp3) is 0.857. The Balaban J connectivity index is 1.71. The van der Waals surface area contributed by atoms with Crippen molar-refractivity contribution in [1.82, 2.24) is 4.90 Å². The van der Waals surface area contributed by atoms with Crippen molar-refractivity contribution in [3.8, 4) is 11.8 Å². The van der Waals surface area contributed by atoms with E-state index in [0.29, 0.717) is 5.92 Å². The smallest absolute Gasteiger partial charge is 0.0232 e. The SMILES string of the molecule is CC#CC1CC(N2CCC(CC)CC2)C1. The number of hydrogen-bond donors (Lipinski definition) is 0. The fourth-order valence-electron chi connectivity index (χ4n) is 2.93. The molecule has 1 saturated carbocycles. The summed E-state index contributed by atoms with van der Waals surface area (Å²) >= 11 is 0. The molecular formula is C14H23N. The van der Waals surface area contributed by atoms with Crippen molar-refractivity contribution >= 4 is 0 Å². The molecule has 0 bridgehead atoms. The van der Waals surface area contributed by atoms with Crippen LogP contribution in [0, 0.1) is 23.7 Å². The summed E-state index contributed by atoms with van der Waals surface area (Å²) in [5.74, 6) is 8.05. The molecule has 84 valence electrons. The second-order valence-electron chi connectivity index (χ2n) is 5.10. The molecule has 1 saturated heterocycles. The van der Waals surface area contributed by atoms with Gasteiger partial charge in [-0.3, -0.25) is 0 Å². The minimum Gasteiger partial charge on any atom is -0.300 e. The Bertz CT molecular complexity index is 246. The van der Waals surface area contributed by atoms with Gasteiger partial charge in [-0.25, -0.2) is 0 Å². The first-order valence-electron chi connectivity index (χ1n) is 6.49. The molecule has 0 aromatic rings. The van der Waals surface area contributed by atoms with Crippen LogP contribution < -0.4 is 0 Å². The molecule has 0 radical (unpaired) electrons. The summed E-state index contributed by atoms with van der Waals surface area (Å²) in [6, 6.07) is 0.869. The Morgan fingerprint density at radius 2 is 1.87 bits per heavy atom. The molecule has 1 heterocycles. The summed E-state index contributed by atoms with van der Waals surface area (Å²) in [7, 11) is 0. The Morgan fingerprint density at radius 1 is 1.20 bits per heavy atom. The maximum Gasteiger partial charge on any atom is 0.0232 e. The summed E-state index contributed by atoms with van der Waals surface area (Å²) in [6.07, 6.45) is 6.89. The number of piperidine rings is 1. The van der Waals surface area contributed by atoms with E-state index in [1.165, 1.54) is 45.2 Å². The van der Waals surface area contributed by atoms with Gasteiger partial charge in [-0.05, 0) is 51.6 Å². The molecule has 1 aliphatic carbocycles. The second kappa shape index (κ2) is 5.03. The summed E-state index contributed by atoms with van der Waals surface area (Å²) in [5, 5.41) is 0. The largest absolute Gasteiger partial charge is 0.300 e. The highest BCUT2D eigenvalue weighted by molar-refractivity contribution is 5.08. The van der Waals surface area contributed by atoms with Crippen molar-refractivity contribution in [3.05, 3.63) is 0 Å². The third-order valence-corrected chi connectivity index (χ3v) is 4.20. The van der Waals surface area contributed by atoms with Gasteiger partial charge in [0.25, 0.3) is 0 Å². The summed E-state index contributed by atoms with van der Waals surface area (Å²) in [5.41, 5.74) is 0. The molecule has 2 fully saturated rings. The first-order valence-corrected chi connectivity index (χ1v) is 6.49. The van der Waals surface area contributed by atoms with E-state index in [9.17, 15) is 0 Å². The van der Waals surface area contributed by atoms with E-state index in [1.807, 2.05) is 6.92 Å². The van der Waals surface area contributed by atoms with Crippen molar-refractivity contribution in [2.24, 2.45) is 11.8 Å². The summed E-state index contributed by atoms with van der Waals surface area (Å²) in [6.45, 7) is 6.97. The number of hydrogen-bond acceptors (Lipinski definition) is 1. The predicted molar refractivity (Wildman–Crippen MR) is 64.6 cm³/mol. The zero-order chi connectivity index (χ0) is 10.7. The number of nitrogens with zero attached hydrogens (tertiary/aromatic N) is 1. The molecule has 0 unspecified atom stereocenters. The Hall–Kier alpha value is -0.480. The van der Waals surface area contributed by atoms with Crippen molar-refractivity contribution in [2.75, 3.05) is 13.1 Å². The number of rotatable bonds is 2. The lowest BCUT2D eigenvalue weighted by Gasteiger charge is -2.44. The molecule has 0 atom stereocenters. The van der Waals surface area contributed by atoms with Crippen LogP contribution in [0.15, 0.2) is 0 Å². The van der Waals surface area contributed by atoms with Gasteiger partial charge in [-0.1, -0.05) is 13.3 Å². The minimum atomic E-state index is 0.712. The standard InChI is InChI=1S/C14H23N/c1-3-5-13-10-14(11-13)15-8-6-12(4-2)7-9-15/h12-14H,4,6-11H2,1-2H3. The van der Waals surface area contributed by atoms with Gasteiger partial charge in [0.1, 0.15) is 0 Å². The zero-order valence-corrected chi connectivity index (χ0v) is 10.1. The minimum absolute atomic E-state index is 0.712. The summed E-state index contributed by atoms with van der Waals surface area (Å²) in [4.78, 5) is 2.71. The third-order valence-electron chi connectivity index (χ3n) is 4.20. The quantitative estimate of drug-likeness (QED) is 0.627. The van der Waals surface area contributed by atoms with Gasteiger partial charge in [0.2, 0.25) is 0 Å². The molecule has 1 heteroatoms. The van der Waals surface area contributed by atoms with E-state index >= 15 is 0 Å². The Labute approximate surface area is 94.2 Å². The Morgan fingerprint density at radius 3 is 2.40 bits per heavy atom. The van der Waals surface area contributed by atoms with Gasteiger partial charge < -0.3 is 4.90 Å². The average molecular weight is 205 g/mol. The maximum atomic E-state index is 3.29. The van der Waals surface area contributed by atoms with Crippen molar-refractivity contribution in [3.63, 3.8) is 0 Å². The van der Waals surface area contributed by atoms with Crippen LogP contribution in [0.5, 0.6) is 0 Å². The van der Waals surface area contributed by atoms with Gasteiger partial charge >= 0.3 is 0 Å². The van der Waals surface area contributed by atoms with E-state index in [0.717, 1.165) is 12.0 Å². The van der Waals surface area contributed by atoms with E-state index < -0.39 is 0 Å². The van der Waals surface area contributed by atoms with Crippen molar-refractivity contribution in [1.29, 1.82) is 0 Å². The highest BCUT2D eigenvalue weighted by Crippen LogP contribution is 2.34. The fourth-order valence-corrected chi connectivity index (χ4v) is 2.93. The van der Waals surface area contributed by atoms with Crippen LogP contribution in [0.3, 0.4) is 0 Å². The molecule has 0 spiro atoms. The summed E-state index contributed by atoms with van der Waals surface area (Å²) < 4.78 is 0. The topological polar surface area (TPSA) is 3.24 Å². The molecule has 1 aliphatic heterocycles. The lowest BCUT2D eigenvalue weighted by molar-refractivity contribution is 0.0649. The van der Waals surface area contributed by atoms with Gasteiger partial charge in [-0.2, -0.15) is 0 Å². The second-order valence-corrected chi connectivity index (χ2v) is 5.10. The van der Waals surface area contributed by atoms with Gasteiger partial charge in [-0.15, -0.1) is 11.8 Å². The molecular weight excluding hydrogens is 182 g/mol. The molecule has 0 N–H and O–H groups in total. The van der Waals surface area contributed by atoms with Crippen molar-refractivity contribution < 1.29 is 0 Å². The molecule has 0 amide bonds. The lowest BCUT2D eigenvalue weighted by Crippen LogP contribution is -2.47. The van der Waals surface area contributed by atoms with Crippen molar-refractivity contribution in [2.45, 2.75) is 52.0 Å². The molecule has 15 heavy (non-hydrogen) atoms. The van der Waals surface area contributed by atoms with Crippen LogP contribution in [0.2, 0.25) is 0 Å². The van der Waals surface area contributed by atoms with E-state index in [1.54, 1.807) is 0 Å². The van der Waals surface area contributed by atoms with Crippen LogP contribution in [0.1, 0.15) is 46.0 Å². The maximum absolute atomic E-state index is 3.29. The van der Waals surface area contributed by atoms with Crippen LogP contribution in [-0.4, -0.2) is 24.0 Å². The Kier molecular flexibility index (Phi) is 3.70. The van der Waals surface area contributed by atoms with Crippen LogP contribution in [0.25, 0.3) is 0 Å². The monoisotopic (exact) mass is 205 g/mol. The first-order chi connectivity index (χ1) is 7.33. The lowest BCUT2D eigenvalue weighted by atomic mass is 9.78. The third kappa shape index (κ3) is 2.55. The predicted octanol–water partition coefficient (Wildman–Crippen LogP) is 2.91. The molecule has 0 aromatic heterocycles. The van der Waals surface area contributed by atoms with Gasteiger partial charge in [0.05, 0.1) is 0 Å². The molecule has 2 aliphatic rings. The average Bonchev–Trinajstić information content (AvgIpc) is 2.23. The first kappa shape index (κ1) is 11.0. The normalized spacial score (nSPS) is 32.9. The van der Waals surface area contributed by atoms with Crippen LogP contribution in [0.4, 0.5) is 0 Å². The van der Waals surface area contributed by atoms with Crippen LogP contribution in [-0.2, 0) is 0 Å². The van der Waals surface area contributed by atoms with Gasteiger partial charge in [0, 0.05) is 12.0 Å². The van der Waals surface area contributed by atoms with E-state index in [4.69, 9.17) is 0 Å². The highest BCUT2D eigenvalue weighted by Gasteiger charge is 2.33. The molecule has 2 rings (SSSR count). The number of likely N-dealkylation sites (tertiary alicyclic amines) is 1. The van der Waals surface area contributed by atoms with E-state index in [2.05, 4.69) is 23.7 Å². The van der Waals surface area contributed by atoms with E-state index in [-0.39, 0.29) is 0 Å².